The first kappa shape index (κ1) is 57.2. The Morgan fingerprint density at radius 2 is 0.908 bits per heavy atom. The third-order valence-electron chi connectivity index (χ3n) is 11.2. The minimum atomic E-state index is -5.51. The smallest absolute Gasteiger partial charge is 0.357 e. The molecule has 3 atom stereocenters. The molecule has 0 heterocycles. The Hall–Kier alpha value is -8.10. The number of aliphatic hydroxyl groups is 1. The maximum absolute atomic E-state index is 14.8. The third kappa shape index (κ3) is 14.0. The van der Waals surface area contributed by atoms with Gasteiger partial charge in [-0.25, -0.2) is 4.39 Å². The van der Waals surface area contributed by atoms with Crippen molar-refractivity contribution in [1.82, 2.24) is 5.32 Å². The van der Waals surface area contributed by atoms with Gasteiger partial charge < -0.3 is 37.0 Å². The Balaban J connectivity index is 1.37. The topological polar surface area (TPSA) is 161 Å². The summed E-state index contributed by atoms with van der Waals surface area (Å²) in [4.78, 5) is 54.6. The fourth-order valence-electron chi connectivity index (χ4n) is 7.59. The molecule has 6 rings (SSSR count). The molecular formula is C49H36F16N6O5. The Bertz CT molecular complexity index is 3160. The van der Waals surface area contributed by atoms with Crippen LogP contribution in [0, 0.1) is 18.7 Å². The summed E-state index contributed by atoms with van der Waals surface area (Å²) in [7, 11) is 0. The van der Waals surface area contributed by atoms with Crippen LogP contribution in [0.25, 0.3) is 0 Å². The number of amides is 4. The Morgan fingerprint density at radius 1 is 0.500 bits per heavy atom. The second-order valence-electron chi connectivity index (χ2n) is 16.9. The Morgan fingerprint density at radius 3 is 1.34 bits per heavy atom. The van der Waals surface area contributed by atoms with Gasteiger partial charge >= 0.3 is 30.9 Å². The molecule has 76 heavy (non-hydrogen) atoms. The first-order valence-corrected chi connectivity index (χ1v) is 21.5. The van der Waals surface area contributed by atoms with Crippen molar-refractivity contribution < 1.29 is 94.5 Å². The van der Waals surface area contributed by atoms with Gasteiger partial charge in [-0.1, -0.05) is 18.6 Å². The Kier molecular flexibility index (Phi) is 16.0. The number of anilines is 5. The van der Waals surface area contributed by atoms with Gasteiger partial charge in [0.1, 0.15) is 5.82 Å². The molecule has 5 aromatic carbocycles. The number of benzene rings is 5. The molecule has 11 nitrogen and oxygen atoms in total. The minimum Gasteiger partial charge on any atom is -0.357 e. The van der Waals surface area contributed by atoms with E-state index in [4.69, 9.17) is 0 Å². The van der Waals surface area contributed by atoms with Crippen molar-refractivity contribution in [2.45, 2.75) is 64.0 Å². The molecule has 1 aliphatic carbocycles. The van der Waals surface area contributed by atoms with Gasteiger partial charge in [-0.2, -0.15) is 65.9 Å². The van der Waals surface area contributed by atoms with Gasteiger partial charge in [-0.05, 0) is 122 Å². The molecule has 0 aliphatic heterocycles. The minimum absolute atomic E-state index is 0.0196. The largest absolute Gasteiger partial charge is 0.418 e. The monoisotopic (exact) mass is 1090 g/mol. The number of carbonyl (C=O) groups excluding carboxylic acids is 4. The van der Waals surface area contributed by atoms with Crippen molar-refractivity contribution in [3.63, 3.8) is 0 Å². The summed E-state index contributed by atoms with van der Waals surface area (Å²) in [5.74, 6) is -7.90. The van der Waals surface area contributed by atoms with E-state index in [-0.39, 0.29) is 41.1 Å². The van der Waals surface area contributed by atoms with E-state index in [9.17, 15) is 94.5 Å². The summed E-state index contributed by atoms with van der Waals surface area (Å²) in [6, 6.07) is 6.56. The van der Waals surface area contributed by atoms with Gasteiger partial charge in [0.2, 0.25) is 6.35 Å². The van der Waals surface area contributed by atoms with Crippen molar-refractivity contribution in [1.29, 1.82) is 0 Å². The SMILES string of the molecule is CC1=CC(C)C(NC(=O)c2cc(NC(O)Nc3cc(C(=O)Nc4ccc(C(F)(F)F)cc4F)cc(C(=O)Nc4ccc(C(F)(F)F)cc4C(F)(F)F)c3)cc(C(=O)Nc3ccc(C(F)(F)F)cc3C)c2)C(C(F)(F)F)=C1. The highest BCUT2D eigenvalue weighted by molar-refractivity contribution is 6.10. The van der Waals surface area contributed by atoms with E-state index in [1.54, 1.807) is 5.32 Å². The number of allylic oxidation sites excluding steroid dienone is 2. The second-order valence-corrected chi connectivity index (χ2v) is 16.9. The molecule has 7 N–H and O–H groups in total. The number of carbonyl (C=O) groups is 4. The number of hydrogen-bond acceptors (Lipinski definition) is 7. The lowest BCUT2D eigenvalue weighted by molar-refractivity contribution is -0.143. The van der Waals surface area contributed by atoms with E-state index in [0.717, 1.165) is 42.5 Å². The lowest BCUT2D eigenvalue weighted by Crippen LogP contribution is -2.45. The molecule has 0 saturated carbocycles. The molecule has 1 aliphatic rings. The van der Waals surface area contributed by atoms with Gasteiger partial charge in [0.05, 0.1) is 45.2 Å². The number of hydrogen-bond donors (Lipinski definition) is 7. The number of halogens is 16. The van der Waals surface area contributed by atoms with Crippen LogP contribution in [0.3, 0.4) is 0 Å². The second kappa shape index (κ2) is 21.3. The molecule has 0 fully saturated rings. The molecule has 0 bridgehead atoms. The van der Waals surface area contributed by atoms with Crippen LogP contribution in [0.4, 0.5) is 98.7 Å². The van der Waals surface area contributed by atoms with Crippen LogP contribution in [-0.4, -0.2) is 47.3 Å². The van der Waals surface area contributed by atoms with Crippen LogP contribution in [-0.2, 0) is 24.7 Å². The van der Waals surface area contributed by atoms with Crippen molar-refractivity contribution in [2.75, 3.05) is 26.6 Å². The third-order valence-corrected chi connectivity index (χ3v) is 11.2. The van der Waals surface area contributed by atoms with E-state index in [0.29, 0.717) is 30.3 Å². The molecule has 0 radical (unpaired) electrons. The molecule has 4 amide bonds. The first-order chi connectivity index (χ1) is 35.0. The molecule has 404 valence electrons. The van der Waals surface area contributed by atoms with E-state index in [2.05, 4.69) is 21.3 Å². The van der Waals surface area contributed by atoms with Crippen LogP contribution < -0.4 is 31.9 Å². The fourth-order valence-corrected chi connectivity index (χ4v) is 7.59. The summed E-state index contributed by atoms with van der Waals surface area (Å²) in [6.45, 7) is 3.97. The highest BCUT2D eigenvalue weighted by Crippen LogP contribution is 2.41. The van der Waals surface area contributed by atoms with Crippen molar-refractivity contribution in [3.05, 3.63) is 170 Å². The van der Waals surface area contributed by atoms with E-state index in [1.807, 2.05) is 5.32 Å². The molecule has 0 spiro atoms. The number of rotatable bonds is 12. The zero-order valence-electron chi connectivity index (χ0n) is 38.7. The number of alkyl halides is 15. The number of aryl methyl sites for hydroxylation is 1. The number of nitrogens with one attached hydrogen (secondary N) is 6. The Labute approximate surface area is 418 Å². The van der Waals surface area contributed by atoms with E-state index >= 15 is 0 Å². The summed E-state index contributed by atoms with van der Waals surface area (Å²) in [5.41, 5.74) is -13.1. The van der Waals surface area contributed by atoms with Crippen molar-refractivity contribution >= 4 is 52.1 Å². The lowest BCUT2D eigenvalue weighted by atomic mass is 9.86. The summed E-state index contributed by atoms with van der Waals surface area (Å²) >= 11 is 0. The number of aliphatic hydroxyl groups excluding tert-OH is 1. The molecule has 27 heteroatoms. The quantitative estimate of drug-likeness (QED) is 0.0484. The van der Waals surface area contributed by atoms with E-state index < -0.39 is 151 Å². The molecular weight excluding hydrogens is 1060 g/mol. The molecule has 3 unspecified atom stereocenters. The fraction of sp³-hybridized carbons (Fsp3) is 0.224. The predicted molar refractivity (Wildman–Crippen MR) is 242 cm³/mol. The first-order valence-electron chi connectivity index (χ1n) is 21.5. The summed E-state index contributed by atoms with van der Waals surface area (Å²) < 4.78 is 219. The molecule has 5 aromatic rings. The highest BCUT2D eigenvalue weighted by Gasteiger charge is 2.43. The highest BCUT2D eigenvalue weighted by atomic mass is 19.4. The van der Waals surface area contributed by atoms with Gasteiger partial charge in [0.25, 0.3) is 23.6 Å². The lowest BCUT2D eigenvalue weighted by Gasteiger charge is -2.30. The van der Waals surface area contributed by atoms with Crippen LogP contribution in [0.5, 0.6) is 0 Å². The van der Waals surface area contributed by atoms with Gasteiger partial charge in [-0.15, -0.1) is 0 Å². The molecule has 0 aromatic heterocycles. The van der Waals surface area contributed by atoms with Crippen LogP contribution in [0.1, 0.15) is 83.1 Å². The van der Waals surface area contributed by atoms with Gasteiger partial charge in [0, 0.05) is 39.3 Å². The maximum Gasteiger partial charge on any atom is 0.418 e. The zero-order valence-corrected chi connectivity index (χ0v) is 38.7. The van der Waals surface area contributed by atoms with Crippen LogP contribution in [0.2, 0.25) is 0 Å². The van der Waals surface area contributed by atoms with E-state index in [1.165, 1.54) is 26.8 Å². The van der Waals surface area contributed by atoms with Crippen molar-refractivity contribution in [3.8, 4) is 0 Å². The van der Waals surface area contributed by atoms with Crippen LogP contribution >= 0.6 is 0 Å². The predicted octanol–water partition coefficient (Wildman–Crippen LogP) is 12.9. The summed E-state index contributed by atoms with van der Waals surface area (Å²) in [5, 5.41) is 24.3. The van der Waals surface area contributed by atoms with Crippen LogP contribution in [0.15, 0.2) is 114 Å². The average molecular weight is 1090 g/mol. The van der Waals surface area contributed by atoms with Gasteiger partial charge in [-0.3, -0.25) is 19.2 Å². The van der Waals surface area contributed by atoms with Gasteiger partial charge in [0.15, 0.2) is 0 Å². The molecule has 0 saturated heterocycles. The zero-order chi connectivity index (χ0) is 56.6. The normalized spacial score (nSPS) is 15.7. The average Bonchev–Trinajstić information content (AvgIpc) is 3.29. The van der Waals surface area contributed by atoms with Crippen molar-refractivity contribution in [2.24, 2.45) is 5.92 Å². The summed E-state index contributed by atoms with van der Waals surface area (Å²) in [6.07, 6.45) is -25.5. The standard InChI is InChI=1S/C49H36F16N6O5/c1-21-10-23(3)39(34(11-21)49(63,64)65)71-43(75)27-14-24(40(72)68-36-7-4-28(12-22(36)2)45(51,52)53)15-32(18-27)67-44(76)66-31-16-25(41(73)69-37-8-5-29(46(54,55)56)19-33(37)48(60,61)62)13-26(17-31)42(74)70-38-9-6-30(20-35(38)50)47(57,58)59/h4-20,23,39,44,66-67,76H,1-3H3,(H,68,72)(H,69,73)(H,70,74)(H,71,75). The maximum atomic E-state index is 14.8.